The number of anilines is 1. The van der Waals surface area contributed by atoms with Crippen molar-refractivity contribution in [1.82, 2.24) is 19.5 Å². The van der Waals surface area contributed by atoms with Crippen LogP contribution in [0.3, 0.4) is 0 Å². The first-order valence-corrected chi connectivity index (χ1v) is 8.94. The summed E-state index contributed by atoms with van der Waals surface area (Å²) in [6.07, 6.45) is 1.73. The van der Waals surface area contributed by atoms with E-state index in [9.17, 15) is 4.79 Å². The van der Waals surface area contributed by atoms with Gasteiger partial charge in [-0.05, 0) is 36.4 Å². The first-order chi connectivity index (χ1) is 13.8. The summed E-state index contributed by atoms with van der Waals surface area (Å²) in [6.45, 7) is 0. The van der Waals surface area contributed by atoms with Crippen LogP contribution in [0.1, 0.15) is 10.4 Å². The van der Waals surface area contributed by atoms with E-state index in [4.69, 9.17) is 9.97 Å². The molecule has 6 nitrogen and oxygen atoms in total. The van der Waals surface area contributed by atoms with Gasteiger partial charge in [0.2, 0.25) is 0 Å². The second kappa shape index (κ2) is 5.47. The first-order valence-electron chi connectivity index (χ1n) is 8.94. The number of hydrogen-bond donors (Lipinski definition) is 1. The van der Waals surface area contributed by atoms with E-state index in [1.54, 1.807) is 6.20 Å². The van der Waals surface area contributed by atoms with Gasteiger partial charge in [0.1, 0.15) is 5.69 Å². The molecule has 0 spiro atoms. The summed E-state index contributed by atoms with van der Waals surface area (Å²) in [5.41, 5.74) is 5.98. The average molecular weight is 363 g/mol. The van der Waals surface area contributed by atoms with Gasteiger partial charge in [0, 0.05) is 0 Å². The zero-order chi connectivity index (χ0) is 18.7. The Morgan fingerprint density at radius 1 is 0.786 bits per heavy atom. The van der Waals surface area contributed by atoms with E-state index < -0.39 is 0 Å². The molecule has 0 unspecified atom stereocenters. The van der Waals surface area contributed by atoms with Crippen LogP contribution in [0.5, 0.6) is 0 Å². The Bertz CT molecular complexity index is 1420. The number of carbonyl (C=O) groups is 1. The van der Waals surface area contributed by atoms with Gasteiger partial charge in [-0.25, -0.2) is 9.97 Å². The summed E-state index contributed by atoms with van der Waals surface area (Å²) in [4.78, 5) is 26.9. The molecule has 3 aromatic carbocycles. The van der Waals surface area contributed by atoms with Crippen molar-refractivity contribution in [2.24, 2.45) is 0 Å². The maximum atomic E-state index is 12.8. The fourth-order valence-electron chi connectivity index (χ4n) is 3.75. The highest BCUT2D eigenvalue weighted by Crippen LogP contribution is 2.35. The lowest BCUT2D eigenvalue weighted by Crippen LogP contribution is -2.10. The molecular formula is C22H13N5O. The van der Waals surface area contributed by atoms with E-state index >= 15 is 0 Å². The van der Waals surface area contributed by atoms with Crippen LogP contribution in [-0.4, -0.2) is 25.4 Å². The Morgan fingerprint density at radius 3 is 2.50 bits per heavy atom. The van der Waals surface area contributed by atoms with Crippen LogP contribution in [-0.2, 0) is 0 Å². The molecule has 1 amide bonds. The van der Waals surface area contributed by atoms with E-state index in [2.05, 4.69) is 10.3 Å². The van der Waals surface area contributed by atoms with Crippen molar-refractivity contribution in [2.75, 3.05) is 5.32 Å². The number of nitrogens with zero attached hydrogens (tertiary/aromatic N) is 4. The molecule has 0 atom stereocenters. The number of amides is 1. The molecule has 0 aliphatic carbocycles. The third kappa shape index (κ3) is 2.02. The van der Waals surface area contributed by atoms with E-state index in [0.717, 1.165) is 33.4 Å². The molecule has 0 bridgehead atoms. The standard InChI is InChI=1S/C22H13N5O/c28-22-13-6-5-10-17-20(13)27(19-11-4-3-9-16(19)26-22)21(25-17)18-12-23-14-7-1-2-8-15(14)24-18/h1-12H,(H,26,28). The van der Waals surface area contributed by atoms with Gasteiger partial charge in [-0.3, -0.25) is 14.3 Å². The van der Waals surface area contributed by atoms with Crippen LogP contribution in [0.15, 0.2) is 72.9 Å². The van der Waals surface area contributed by atoms with Crippen LogP contribution in [0.4, 0.5) is 5.69 Å². The first kappa shape index (κ1) is 15.0. The summed E-state index contributed by atoms with van der Waals surface area (Å²) < 4.78 is 2.00. The summed E-state index contributed by atoms with van der Waals surface area (Å²) >= 11 is 0. The number of benzene rings is 3. The highest BCUT2D eigenvalue weighted by molar-refractivity contribution is 6.14. The molecule has 2 aromatic heterocycles. The third-order valence-electron chi connectivity index (χ3n) is 4.99. The topological polar surface area (TPSA) is 72.7 Å². The smallest absolute Gasteiger partial charge is 0.257 e. The van der Waals surface area contributed by atoms with Crippen molar-refractivity contribution in [3.05, 3.63) is 78.5 Å². The van der Waals surface area contributed by atoms with Crippen molar-refractivity contribution in [3.63, 3.8) is 0 Å². The molecule has 1 aliphatic rings. The van der Waals surface area contributed by atoms with Crippen molar-refractivity contribution < 1.29 is 4.79 Å². The quantitative estimate of drug-likeness (QED) is 0.484. The number of rotatable bonds is 1. The van der Waals surface area contributed by atoms with Gasteiger partial charge in [-0.1, -0.05) is 30.3 Å². The zero-order valence-corrected chi connectivity index (χ0v) is 14.6. The SMILES string of the molecule is O=C1Nc2ccccc2-n2c(-c3cnc4ccccc4n3)nc3cccc1c32. The van der Waals surface area contributed by atoms with E-state index in [1.165, 1.54) is 0 Å². The minimum atomic E-state index is -0.146. The molecule has 0 fully saturated rings. The minimum absolute atomic E-state index is 0.146. The lowest BCUT2D eigenvalue weighted by Gasteiger charge is -2.11. The summed E-state index contributed by atoms with van der Waals surface area (Å²) in [5, 5.41) is 3.00. The van der Waals surface area contributed by atoms with E-state index in [1.807, 2.05) is 71.3 Å². The largest absolute Gasteiger partial charge is 0.320 e. The molecule has 0 saturated carbocycles. The van der Waals surface area contributed by atoms with Crippen LogP contribution in [0.2, 0.25) is 0 Å². The summed E-state index contributed by atoms with van der Waals surface area (Å²) in [6, 6.07) is 21.0. The number of hydrogen-bond acceptors (Lipinski definition) is 4. The number of para-hydroxylation sites is 5. The summed E-state index contributed by atoms with van der Waals surface area (Å²) in [7, 11) is 0. The van der Waals surface area contributed by atoms with Gasteiger partial charge in [0.05, 0.1) is 45.2 Å². The van der Waals surface area contributed by atoms with Gasteiger partial charge in [-0.15, -0.1) is 0 Å². The van der Waals surface area contributed by atoms with Crippen LogP contribution in [0, 0.1) is 0 Å². The lowest BCUT2D eigenvalue weighted by atomic mass is 10.1. The van der Waals surface area contributed by atoms with Crippen molar-refractivity contribution in [2.45, 2.75) is 0 Å². The predicted octanol–water partition coefficient (Wildman–Crippen LogP) is 4.20. The zero-order valence-electron chi connectivity index (χ0n) is 14.6. The second-order valence-electron chi connectivity index (χ2n) is 6.66. The van der Waals surface area contributed by atoms with Gasteiger partial charge in [0.15, 0.2) is 5.82 Å². The highest BCUT2D eigenvalue weighted by atomic mass is 16.1. The van der Waals surface area contributed by atoms with Crippen LogP contribution in [0.25, 0.3) is 39.3 Å². The van der Waals surface area contributed by atoms with Crippen LogP contribution >= 0.6 is 0 Å². The Kier molecular flexibility index (Phi) is 2.94. The van der Waals surface area contributed by atoms with E-state index in [0.29, 0.717) is 17.1 Å². The molecule has 0 radical (unpaired) electrons. The monoisotopic (exact) mass is 363 g/mol. The van der Waals surface area contributed by atoms with Crippen molar-refractivity contribution in [3.8, 4) is 17.2 Å². The molecule has 6 heteroatoms. The molecule has 1 aliphatic heterocycles. The average Bonchev–Trinajstić information content (AvgIpc) is 3.07. The highest BCUT2D eigenvalue weighted by Gasteiger charge is 2.26. The molecular weight excluding hydrogens is 350 g/mol. The number of fused-ring (bicyclic) bond motifs is 3. The van der Waals surface area contributed by atoms with Crippen molar-refractivity contribution >= 4 is 33.7 Å². The normalized spacial score (nSPS) is 12.6. The Balaban J connectivity index is 1.75. The maximum absolute atomic E-state index is 12.8. The number of nitrogens with one attached hydrogen (secondary N) is 1. The predicted molar refractivity (Wildman–Crippen MR) is 108 cm³/mol. The molecule has 6 rings (SSSR count). The van der Waals surface area contributed by atoms with Gasteiger partial charge in [0.25, 0.3) is 5.91 Å². The second-order valence-corrected chi connectivity index (χ2v) is 6.66. The maximum Gasteiger partial charge on any atom is 0.257 e. The number of aromatic nitrogens is 4. The minimum Gasteiger partial charge on any atom is -0.320 e. The number of carbonyl (C=O) groups excluding carboxylic acids is 1. The van der Waals surface area contributed by atoms with E-state index in [-0.39, 0.29) is 5.91 Å². The van der Waals surface area contributed by atoms with Crippen LogP contribution < -0.4 is 5.32 Å². The molecule has 5 aromatic rings. The fourth-order valence-corrected chi connectivity index (χ4v) is 3.75. The Morgan fingerprint density at radius 2 is 1.57 bits per heavy atom. The van der Waals surface area contributed by atoms with Crippen molar-refractivity contribution in [1.29, 1.82) is 0 Å². The Hall–Kier alpha value is -4.06. The number of imidazole rings is 1. The Labute approximate surface area is 159 Å². The summed E-state index contributed by atoms with van der Waals surface area (Å²) in [5.74, 6) is 0.512. The van der Waals surface area contributed by atoms with Gasteiger partial charge < -0.3 is 5.32 Å². The molecule has 28 heavy (non-hydrogen) atoms. The molecule has 3 heterocycles. The lowest BCUT2D eigenvalue weighted by molar-refractivity contribution is 0.102. The van der Waals surface area contributed by atoms with Gasteiger partial charge in [-0.2, -0.15) is 0 Å². The molecule has 0 saturated heterocycles. The fraction of sp³-hybridized carbons (Fsp3) is 0. The van der Waals surface area contributed by atoms with Gasteiger partial charge >= 0.3 is 0 Å². The molecule has 132 valence electrons. The third-order valence-corrected chi connectivity index (χ3v) is 4.99. The molecule has 1 N–H and O–H groups in total.